The minimum absolute atomic E-state index is 1.01. The van der Waals surface area contributed by atoms with E-state index >= 15 is 0 Å². The molecule has 0 bridgehead atoms. The van der Waals surface area contributed by atoms with Gasteiger partial charge in [0.05, 0.1) is 34.1 Å². The number of hydrazine groups is 1. The van der Waals surface area contributed by atoms with Crippen LogP contribution in [-0.4, -0.2) is 9.13 Å². The summed E-state index contributed by atoms with van der Waals surface area (Å²) >= 11 is 0. The molecule has 5 nitrogen and oxygen atoms in total. The smallest absolute Gasteiger partial charge is 0.0704 e. The number of para-hydroxylation sites is 4. The van der Waals surface area contributed by atoms with Crippen LogP contribution in [0.15, 0.2) is 267 Å². The summed E-state index contributed by atoms with van der Waals surface area (Å²) in [5.41, 5.74) is 22.2. The second kappa shape index (κ2) is 20.3. The van der Waals surface area contributed by atoms with Crippen LogP contribution < -0.4 is 15.3 Å². The molecular formula is C72H55N5. The lowest BCUT2D eigenvalue weighted by Gasteiger charge is -2.32. The lowest BCUT2D eigenvalue weighted by atomic mass is 9.96. The first kappa shape index (κ1) is 46.7. The molecule has 0 spiro atoms. The van der Waals surface area contributed by atoms with E-state index in [1.54, 1.807) is 0 Å². The normalized spacial score (nSPS) is 11.7. The van der Waals surface area contributed by atoms with E-state index in [9.17, 15) is 0 Å². The van der Waals surface area contributed by atoms with E-state index in [2.05, 4.69) is 330 Å². The maximum Gasteiger partial charge on any atom is 0.0704 e. The SMILES string of the molecule is Cn1c(-c2ccccc2)c(C=Cc2ccc(N(Nc3c4ccccc4c(N(c4ccccc4)c4ccc(C=Cc5c(-c6ccccc6)n(C)c6ccccc56)cc4)c4ccccc34)c3ccccc3)cc2)c2ccccc21. The Morgan fingerprint density at radius 3 is 1.10 bits per heavy atom. The van der Waals surface area contributed by atoms with E-state index in [1.807, 2.05) is 0 Å². The molecule has 0 aliphatic carbocycles. The maximum atomic E-state index is 4.02. The van der Waals surface area contributed by atoms with Crippen molar-refractivity contribution in [2.24, 2.45) is 14.1 Å². The Hall–Kier alpha value is -10.1. The van der Waals surface area contributed by atoms with Gasteiger partial charge in [0.2, 0.25) is 0 Å². The van der Waals surface area contributed by atoms with Gasteiger partial charge in [-0.15, -0.1) is 0 Å². The summed E-state index contributed by atoms with van der Waals surface area (Å²) in [6.07, 6.45) is 9.02. The van der Waals surface area contributed by atoms with Crippen molar-refractivity contribution in [1.29, 1.82) is 0 Å². The van der Waals surface area contributed by atoms with Gasteiger partial charge in [-0.1, -0.05) is 231 Å². The molecule has 5 heteroatoms. The van der Waals surface area contributed by atoms with E-state index in [1.165, 1.54) is 55.4 Å². The Balaban J connectivity index is 0.878. The van der Waals surface area contributed by atoms with Crippen LogP contribution in [-0.2, 0) is 14.1 Å². The van der Waals surface area contributed by atoms with E-state index in [4.69, 9.17) is 0 Å². The molecule has 368 valence electrons. The third-order valence-electron chi connectivity index (χ3n) is 15.0. The lowest BCUT2D eigenvalue weighted by Crippen LogP contribution is -2.25. The molecule has 0 aliphatic rings. The number of aryl methyl sites for hydroxylation is 2. The highest BCUT2D eigenvalue weighted by molar-refractivity contribution is 6.22. The predicted molar refractivity (Wildman–Crippen MR) is 329 cm³/mol. The van der Waals surface area contributed by atoms with Crippen LogP contribution >= 0.6 is 0 Å². The van der Waals surface area contributed by atoms with Crippen LogP contribution in [0, 0.1) is 0 Å². The zero-order valence-electron chi connectivity index (χ0n) is 43.0. The lowest BCUT2D eigenvalue weighted by molar-refractivity contribution is 0.977. The molecule has 2 aromatic heterocycles. The molecule has 77 heavy (non-hydrogen) atoms. The number of anilines is 6. The Morgan fingerprint density at radius 2 is 0.649 bits per heavy atom. The van der Waals surface area contributed by atoms with Gasteiger partial charge in [0.15, 0.2) is 0 Å². The van der Waals surface area contributed by atoms with Crippen LogP contribution in [0.5, 0.6) is 0 Å². The summed E-state index contributed by atoms with van der Waals surface area (Å²) < 4.78 is 4.62. The van der Waals surface area contributed by atoms with Crippen molar-refractivity contribution in [3.8, 4) is 22.5 Å². The highest BCUT2D eigenvalue weighted by atomic mass is 15.5. The largest absolute Gasteiger partial charge is 0.343 e. The fourth-order valence-corrected chi connectivity index (χ4v) is 11.3. The number of rotatable bonds is 13. The molecule has 0 aliphatic heterocycles. The van der Waals surface area contributed by atoms with Crippen LogP contribution in [0.4, 0.5) is 34.1 Å². The maximum absolute atomic E-state index is 4.02. The van der Waals surface area contributed by atoms with E-state index in [0.717, 1.165) is 66.8 Å². The molecule has 1 N–H and O–H groups in total. The number of aromatic nitrogens is 2. The number of nitrogens with one attached hydrogen (secondary N) is 1. The third kappa shape index (κ3) is 8.70. The van der Waals surface area contributed by atoms with Gasteiger partial charge in [0.1, 0.15) is 0 Å². The first-order chi connectivity index (χ1) is 38.1. The summed E-state index contributed by atoms with van der Waals surface area (Å²) in [5, 5.41) is 9.15. The van der Waals surface area contributed by atoms with Crippen molar-refractivity contribution in [2.75, 3.05) is 15.3 Å². The van der Waals surface area contributed by atoms with Gasteiger partial charge in [-0.2, -0.15) is 0 Å². The van der Waals surface area contributed by atoms with Gasteiger partial charge >= 0.3 is 0 Å². The molecule has 0 unspecified atom stereocenters. The second-order valence-electron chi connectivity index (χ2n) is 19.5. The minimum atomic E-state index is 1.01. The zero-order valence-corrected chi connectivity index (χ0v) is 43.0. The van der Waals surface area contributed by atoms with Crippen molar-refractivity contribution >= 4 is 102 Å². The van der Waals surface area contributed by atoms with Gasteiger partial charge in [-0.3, -0.25) is 10.4 Å². The number of fused-ring (bicyclic) bond motifs is 4. The quantitative estimate of drug-likeness (QED) is 0.0709. The zero-order chi connectivity index (χ0) is 51.7. The average molecular weight is 990 g/mol. The van der Waals surface area contributed by atoms with Crippen molar-refractivity contribution in [2.45, 2.75) is 0 Å². The summed E-state index contributed by atoms with van der Waals surface area (Å²) in [4.78, 5) is 2.42. The molecule has 0 radical (unpaired) electrons. The Kier molecular flexibility index (Phi) is 12.3. The summed E-state index contributed by atoms with van der Waals surface area (Å²) in [7, 11) is 4.32. The summed E-state index contributed by atoms with van der Waals surface area (Å²) in [5.74, 6) is 0. The number of nitrogens with zero attached hydrogens (tertiary/aromatic N) is 4. The number of benzene rings is 11. The fraction of sp³-hybridized carbons (Fsp3) is 0.0278. The molecule has 0 saturated carbocycles. The van der Waals surface area contributed by atoms with Gasteiger partial charge in [0, 0.05) is 79.9 Å². The molecule has 0 amide bonds. The van der Waals surface area contributed by atoms with Crippen LogP contribution in [0.1, 0.15) is 22.3 Å². The standard InChI is InChI=1S/C72H55N5/c1-74-67-37-21-19-31-59(67)65(70(74)53-23-7-3-8-24-53)49-43-51-39-45-56(46-40-51)76(55-27-11-5-12-28-55)72-63-35-17-15-33-61(63)69(62-34-16-18-36-64(62)72)73-77(57-29-13-6-14-30-57)58-47-41-52(42-48-58)44-50-66-60-32-20-22-38-68(60)75(2)71(66)54-25-9-4-10-26-54/h3-50,73H,1-2H3. The highest BCUT2D eigenvalue weighted by Crippen LogP contribution is 2.48. The van der Waals surface area contributed by atoms with E-state index < -0.39 is 0 Å². The molecule has 0 fully saturated rings. The topological polar surface area (TPSA) is 28.4 Å². The van der Waals surface area contributed by atoms with Crippen molar-refractivity contribution < 1.29 is 0 Å². The number of hydrogen-bond donors (Lipinski definition) is 1. The van der Waals surface area contributed by atoms with Crippen molar-refractivity contribution in [1.82, 2.24) is 9.13 Å². The molecule has 0 saturated heterocycles. The average Bonchev–Trinajstić information content (AvgIpc) is 4.04. The van der Waals surface area contributed by atoms with Crippen LogP contribution in [0.25, 0.3) is 90.2 Å². The first-order valence-corrected chi connectivity index (χ1v) is 26.3. The highest BCUT2D eigenvalue weighted by Gasteiger charge is 2.24. The van der Waals surface area contributed by atoms with Crippen molar-refractivity contribution in [3.63, 3.8) is 0 Å². The minimum Gasteiger partial charge on any atom is -0.343 e. The molecule has 13 aromatic rings. The van der Waals surface area contributed by atoms with E-state index in [-0.39, 0.29) is 0 Å². The van der Waals surface area contributed by atoms with Gasteiger partial charge in [0.25, 0.3) is 0 Å². The molecule has 0 atom stereocenters. The summed E-state index contributed by atoms with van der Waals surface area (Å²) in [6.45, 7) is 0. The molecule has 11 aromatic carbocycles. The monoisotopic (exact) mass is 989 g/mol. The predicted octanol–water partition coefficient (Wildman–Crippen LogP) is 19.3. The van der Waals surface area contributed by atoms with E-state index in [0.29, 0.717) is 0 Å². The molecule has 13 rings (SSSR count). The molecular weight excluding hydrogens is 935 g/mol. The molecule has 2 heterocycles. The van der Waals surface area contributed by atoms with Crippen molar-refractivity contribution in [3.05, 3.63) is 289 Å². The first-order valence-electron chi connectivity index (χ1n) is 26.3. The Morgan fingerprint density at radius 1 is 0.312 bits per heavy atom. The fourth-order valence-electron chi connectivity index (χ4n) is 11.3. The Bertz CT molecular complexity index is 4230. The van der Waals surface area contributed by atoms with Crippen LogP contribution in [0.2, 0.25) is 0 Å². The number of hydrogen-bond acceptors (Lipinski definition) is 3. The van der Waals surface area contributed by atoms with Gasteiger partial charge in [-0.05, 0) is 82.9 Å². The summed E-state index contributed by atoms with van der Waals surface area (Å²) in [6, 6.07) is 95.4. The Labute approximate surface area is 449 Å². The van der Waals surface area contributed by atoms with Crippen LogP contribution in [0.3, 0.4) is 0 Å². The third-order valence-corrected chi connectivity index (χ3v) is 15.0. The van der Waals surface area contributed by atoms with Gasteiger partial charge in [-0.25, -0.2) is 0 Å². The van der Waals surface area contributed by atoms with Gasteiger partial charge < -0.3 is 14.0 Å². The second-order valence-corrected chi connectivity index (χ2v) is 19.5.